The first-order valence-corrected chi connectivity index (χ1v) is 11.2. The van der Waals surface area contributed by atoms with Gasteiger partial charge in [-0.3, -0.25) is 0 Å². The van der Waals surface area contributed by atoms with Gasteiger partial charge in [-0.1, -0.05) is 54.5 Å². The van der Waals surface area contributed by atoms with Gasteiger partial charge in [-0.15, -0.1) is 6.42 Å². The highest BCUT2D eigenvalue weighted by Gasteiger charge is 2.30. The number of hydrogen-bond donors (Lipinski definition) is 1. The molecule has 6 nitrogen and oxygen atoms in total. The number of piperazine rings is 1. The number of ether oxygens (including phenoxy) is 1. The van der Waals surface area contributed by atoms with Gasteiger partial charge in [0.15, 0.2) is 0 Å². The van der Waals surface area contributed by atoms with E-state index in [1.54, 1.807) is 17.0 Å². The number of carboxylic acid groups (broad SMARTS) is 1. The second-order valence-electron chi connectivity index (χ2n) is 8.50. The standard InChI is InChI=1S/C28H24N2O4/c1-2-19-15-20(27(31)32)17-21(16-19)29-11-13-30(14-12-29)28(33)34-18-26-24-9-5-3-7-22(24)23-8-4-6-10-25(23)26/h1,3-10,15-17,26H,11-14,18H2,(H,31,32). The average Bonchev–Trinajstić information content (AvgIpc) is 3.20. The SMILES string of the molecule is C#Cc1cc(C(=O)O)cc(N2CCN(C(=O)OCC3c4ccccc4-c4ccccc43)CC2)c1. The third-order valence-corrected chi connectivity index (χ3v) is 6.57. The second kappa shape index (κ2) is 8.95. The van der Waals surface area contributed by atoms with Gasteiger partial charge in [-0.2, -0.15) is 0 Å². The van der Waals surface area contributed by atoms with Crippen LogP contribution in [0.3, 0.4) is 0 Å². The molecule has 1 heterocycles. The van der Waals surface area contributed by atoms with E-state index in [9.17, 15) is 14.7 Å². The molecule has 0 aromatic heterocycles. The minimum absolute atomic E-state index is 0.0265. The van der Waals surface area contributed by atoms with Crippen LogP contribution >= 0.6 is 0 Å². The quantitative estimate of drug-likeness (QED) is 0.593. The molecule has 0 bridgehead atoms. The van der Waals surface area contributed by atoms with Crippen molar-refractivity contribution in [3.63, 3.8) is 0 Å². The largest absolute Gasteiger partial charge is 0.478 e. The highest BCUT2D eigenvalue weighted by molar-refractivity contribution is 5.89. The predicted molar refractivity (Wildman–Crippen MR) is 130 cm³/mol. The number of terminal acetylenes is 1. The first kappa shape index (κ1) is 21.6. The molecule has 0 atom stereocenters. The first-order valence-electron chi connectivity index (χ1n) is 11.2. The lowest BCUT2D eigenvalue weighted by molar-refractivity contribution is 0.0696. The van der Waals surface area contributed by atoms with Crippen LogP contribution in [0.5, 0.6) is 0 Å². The fourth-order valence-electron chi connectivity index (χ4n) is 4.83. The Kier molecular flexibility index (Phi) is 5.69. The van der Waals surface area contributed by atoms with E-state index in [1.165, 1.54) is 28.3 Å². The normalized spacial score (nSPS) is 14.8. The third-order valence-electron chi connectivity index (χ3n) is 6.57. The third kappa shape index (κ3) is 3.97. The molecule has 1 amide bonds. The maximum atomic E-state index is 12.8. The molecular weight excluding hydrogens is 428 g/mol. The zero-order valence-electron chi connectivity index (χ0n) is 18.6. The Morgan fingerprint density at radius 3 is 2.15 bits per heavy atom. The summed E-state index contributed by atoms with van der Waals surface area (Å²) >= 11 is 0. The van der Waals surface area contributed by atoms with Crippen molar-refractivity contribution in [3.05, 3.63) is 89.0 Å². The number of carbonyl (C=O) groups is 2. The Morgan fingerprint density at radius 2 is 1.56 bits per heavy atom. The van der Waals surface area contributed by atoms with Crippen molar-refractivity contribution < 1.29 is 19.4 Å². The van der Waals surface area contributed by atoms with E-state index in [1.807, 2.05) is 29.2 Å². The van der Waals surface area contributed by atoms with E-state index in [2.05, 4.69) is 30.2 Å². The summed E-state index contributed by atoms with van der Waals surface area (Å²) in [5, 5.41) is 9.36. The van der Waals surface area contributed by atoms with Crippen molar-refractivity contribution in [1.82, 2.24) is 4.90 Å². The van der Waals surface area contributed by atoms with Gasteiger partial charge >= 0.3 is 12.1 Å². The number of carboxylic acids is 1. The molecule has 170 valence electrons. The maximum absolute atomic E-state index is 12.8. The maximum Gasteiger partial charge on any atom is 0.409 e. The van der Waals surface area contributed by atoms with E-state index in [-0.39, 0.29) is 17.6 Å². The molecule has 0 spiro atoms. The van der Waals surface area contributed by atoms with E-state index in [0.29, 0.717) is 38.3 Å². The van der Waals surface area contributed by atoms with Crippen LogP contribution < -0.4 is 4.90 Å². The van der Waals surface area contributed by atoms with Gasteiger partial charge in [0.1, 0.15) is 6.61 Å². The topological polar surface area (TPSA) is 70.1 Å². The average molecular weight is 453 g/mol. The number of hydrogen-bond acceptors (Lipinski definition) is 4. The van der Waals surface area contributed by atoms with E-state index in [4.69, 9.17) is 11.2 Å². The summed E-state index contributed by atoms with van der Waals surface area (Å²) in [7, 11) is 0. The number of benzene rings is 3. The summed E-state index contributed by atoms with van der Waals surface area (Å²) in [5.74, 6) is 1.52. The zero-order chi connectivity index (χ0) is 23.7. The van der Waals surface area contributed by atoms with E-state index >= 15 is 0 Å². The number of aromatic carboxylic acids is 1. The molecule has 0 unspecified atom stereocenters. The van der Waals surface area contributed by atoms with Crippen LogP contribution in [-0.4, -0.2) is 54.9 Å². The van der Waals surface area contributed by atoms with E-state index in [0.717, 1.165) is 5.69 Å². The van der Waals surface area contributed by atoms with Crippen LogP contribution in [0.2, 0.25) is 0 Å². The van der Waals surface area contributed by atoms with E-state index < -0.39 is 5.97 Å². The van der Waals surface area contributed by atoms with Gasteiger partial charge in [-0.25, -0.2) is 9.59 Å². The molecule has 3 aromatic carbocycles. The minimum Gasteiger partial charge on any atom is -0.478 e. The number of fused-ring (bicyclic) bond motifs is 3. The summed E-state index contributed by atoms with van der Waals surface area (Å²) in [5.41, 5.74) is 6.19. The molecule has 1 saturated heterocycles. The molecule has 1 fully saturated rings. The van der Waals surface area contributed by atoms with Crippen molar-refractivity contribution in [2.75, 3.05) is 37.7 Å². The van der Waals surface area contributed by atoms with Gasteiger partial charge < -0.3 is 19.6 Å². The lowest BCUT2D eigenvalue weighted by atomic mass is 9.98. The number of amides is 1. The molecule has 3 aromatic rings. The van der Waals surface area contributed by atoms with Crippen LogP contribution in [0.4, 0.5) is 10.5 Å². The summed E-state index contributed by atoms with van der Waals surface area (Å²) in [6, 6.07) is 21.4. The van der Waals surface area contributed by atoms with Crippen LogP contribution in [0.1, 0.15) is 33.0 Å². The van der Waals surface area contributed by atoms with Crippen LogP contribution in [0.15, 0.2) is 66.7 Å². The first-order chi connectivity index (χ1) is 16.5. The van der Waals surface area contributed by atoms with Gasteiger partial charge in [0.2, 0.25) is 0 Å². The van der Waals surface area contributed by atoms with Crippen molar-refractivity contribution >= 4 is 17.7 Å². The molecule has 5 rings (SSSR count). The minimum atomic E-state index is -1.02. The smallest absolute Gasteiger partial charge is 0.409 e. The Bertz CT molecular complexity index is 1260. The molecule has 34 heavy (non-hydrogen) atoms. The molecule has 0 radical (unpaired) electrons. The van der Waals surface area contributed by atoms with Crippen LogP contribution in [0, 0.1) is 12.3 Å². The molecular formula is C28H24N2O4. The Hall–Kier alpha value is -4.24. The highest BCUT2D eigenvalue weighted by Crippen LogP contribution is 2.44. The van der Waals surface area contributed by atoms with Crippen molar-refractivity contribution in [3.8, 4) is 23.5 Å². The van der Waals surface area contributed by atoms with Gasteiger partial charge in [0, 0.05) is 43.3 Å². The second-order valence-corrected chi connectivity index (χ2v) is 8.50. The van der Waals surface area contributed by atoms with Gasteiger partial charge in [0.05, 0.1) is 5.56 Å². The van der Waals surface area contributed by atoms with Crippen molar-refractivity contribution in [2.45, 2.75) is 5.92 Å². The molecule has 2 aliphatic rings. The summed E-state index contributed by atoms with van der Waals surface area (Å²) < 4.78 is 5.77. The predicted octanol–water partition coefficient (Wildman–Crippen LogP) is 4.44. The fourth-order valence-corrected chi connectivity index (χ4v) is 4.83. The summed E-state index contributed by atoms with van der Waals surface area (Å²) in [4.78, 5) is 28.0. The van der Waals surface area contributed by atoms with Crippen molar-refractivity contribution in [2.24, 2.45) is 0 Å². The van der Waals surface area contributed by atoms with Gasteiger partial charge in [-0.05, 0) is 40.5 Å². The number of anilines is 1. The highest BCUT2D eigenvalue weighted by atomic mass is 16.6. The lowest BCUT2D eigenvalue weighted by Gasteiger charge is -2.35. The van der Waals surface area contributed by atoms with Crippen LogP contribution in [0.25, 0.3) is 11.1 Å². The fraction of sp³-hybridized carbons (Fsp3) is 0.214. The van der Waals surface area contributed by atoms with Gasteiger partial charge in [0.25, 0.3) is 0 Å². The monoisotopic (exact) mass is 452 g/mol. The zero-order valence-corrected chi connectivity index (χ0v) is 18.6. The molecule has 1 aliphatic heterocycles. The van der Waals surface area contributed by atoms with Crippen molar-refractivity contribution in [1.29, 1.82) is 0 Å². The summed E-state index contributed by atoms with van der Waals surface area (Å²) in [6.07, 6.45) is 5.16. The lowest BCUT2D eigenvalue weighted by Crippen LogP contribution is -2.49. The molecule has 1 aliphatic carbocycles. The Labute approximate surface area is 198 Å². The number of nitrogens with zero attached hydrogens (tertiary/aromatic N) is 2. The number of rotatable bonds is 4. The molecule has 1 N–H and O–H groups in total. The Morgan fingerprint density at radius 1 is 0.941 bits per heavy atom. The Balaban J connectivity index is 1.23. The summed E-state index contributed by atoms with van der Waals surface area (Å²) in [6.45, 7) is 2.40. The number of carbonyl (C=O) groups excluding carboxylic acids is 1. The van der Waals surface area contributed by atoms with Crippen LogP contribution in [-0.2, 0) is 4.74 Å². The molecule has 6 heteroatoms. The molecule has 0 saturated carbocycles.